The number of ether oxygens (including phenoxy) is 1. The van der Waals surface area contributed by atoms with E-state index >= 15 is 0 Å². The van der Waals surface area contributed by atoms with Gasteiger partial charge in [-0.15, -0.1) is 0 Å². The van der Waals surface area contributed by atoms with Crippen LogP contribution in [0.2, 0.25) is 0 Å². The molecular weight excluding hydrogens is 230 g/mol. The van der Waals surface area contributed by atoms with E-state index in [0.717, 1.165) is 11.3 Å². The predicted octanol–water partition coefficient (Wildman–Crippen LogP) is 2.92. The summed E-state index contributed by atoms with van der Waals surface area (Å²) in [5.74, 6) is -0.920. The number of carboxylic acids is 1. The number of nitrogens with one attached hydrogen (secondary N) is 1. The number of aromatic carboxylic acids is 1. The van der Waals surface area contributed by atoms with E-state index in [4.69, 9.17) is 9.84 Å². The fraction of sp³-hybridized carbons (Fsp3) is 0.500. The van der Waals surface area contributed by atoms with Crippen molar-refractivity contribution in [2.24, 2.45) is 0 Å². The lowest BCUT2D eigenvalue weighted by Gasteiger charge is -2.32. The molecule has 0 aliphatic carbocycles. The van der Waals surface area contributed by atoms with E-state index in [9.17, 15) is 4.79 Å². The number of hydrogen-bond acceptors (Lipinski definition) is 3. The Labute approximate surface area is 108 Å². The van der Waals surface area contributed by atoms with E-state index in [1.807, 2.05) is 27.7 Å². The Bertz CT molecular complexity index is 441. The molecule has 0 bridgehead atoms. The van der Waals surface area contributed by atoms with Crippen LogP contribution < -0.4 is 5.32 Å². The summed E-state index contributed by atoms with van der Waals surface area (Å²) in [4.78, 5) is 11.0. The third-order valence-electron chi connectivity index (χ3n) is 3.43. The molecule has 1 aromatic carbocycles. The topological polar surface area (TPSA) is 58.6 Å². The van der Waals surface area contributed by atoms with Gasteiger partial charge in [0.25, 0.3) is 0 Å². The normalized spacial score (nSPS) is 13.2. The van der Waals surface area contributed by atoms with Gasteiger partial charge in [0.1, 0.15) is 0 Å². The number of carbonyl (C=O) groups is 1. The standard InChI is InChI=1S/C14H21NO3/c1-9-6-7-11(13(16)17)8-12(9)15-10(2)14(3,4)18-5/h6-8,10,15H,1-5H3,(H,16,17). The second-order valence-corrected chi connectivity index (χ2v) is 5.01. The van der Waals surface area contributed by atoms with Crippen molar-refractivity contribution in [3.63, 3.8) is 0 Å². The molecule has 0 fully saturated rings. The van der Waals surface area contributed by atoms with E-state index in [1.54, 1.807) is 25.3 Å². The van der Waals surface area contributed by atoms with Gasteiger partial charge in [-0.1, -0.05) is 6.07 Å². The second kappa shape index (κ2) is 5.40. The van der Waals surface area contributed by atoms with Gasteiger partial charge in [-0.3, -0.25) is 0 Å². The van der Waals surface area contributed by atoms with Gasteiger partial charge in [-0.2, -0.15) is 0 Å². The van der Waals surface area contributed by atoms with Gasteiger partial charge in [-0.25, -0.2) is 4.79 Å². The average Bonchev–Trinajstić information content (AvgIpc) is 2.31. The Balaban J connectivity index is 2.97. The maximum atomic E-state index is 11.0. The van der Waals surface area contributed by atoms with Gasteiger partial charge in [-0.05, 0) is 45.4 Å². The van der Waals surface area contributed by atoms with Crippen LogP contribution in [0.1, 0.15) is 36.7 Å². The van der Waals surface area contributed by atoms with Crippen molar-refractivity contribution in [3.05, 3.63) is 29.3 Å². The van der Waals surface area contributed by atoms with Gasteiger partial charge < -0.3 is 15.2 Å². The minimum absolute atomic E-state index is 0.0604. The van der Waals surface area contributed by atoms with Gasteiger partial charge in [0, 0.05) is 12.8 Å². The highest BCUT2D eigenvalue weighted by Crippen LogP contribution is 2.22. The molecule has 1 unspecified atom stereocenters. The molecule has 0 spiro atoms. The molecule has 4 nitrogen and oxygen atoms in total. The molecule has 1 atom stereocenters. The summed E-state index contributed by atoms with van der Waals surface area (Å²) in [6.07, 6.45) is 0. The number of rotatable bonds is 5. The SMILES string of the molecule is COC(C)(C)C(C)Nc1cc(C(=O)O)ccc1C. The van der Waals surface area contributed by atoms with Crippen LogP contribution in [0, 0.1) is 6.92 Å². The Hall–Kier alpha value is -1.55. The third-order valence-corrected chi connectivity index (χ3v) is 3.43. The summed E-state index contributed by atoms with van der Waals surface area (Å²) >= 11 is 0. The largest absolute Gasteiger partial charge is 0.478 e. The molecule has 100 valence electrons. The van der Waals surface area contributed by atoms with Gasteiger partial charge in [0.15, 0.2) is 0 Å². The van der Waals surface area contributed by atoms with Crippen LogP contribution in [0.4, 0.5) is 5.69 Å². The van der Waals surface area contributed by atoms with Crippen LogP contribution in [0.5, 0.6) is 0 Å². The maximum Gasteiger partial charge on any atom is 0.335 e. The van der Waals surface area contributed by atoms with E-state index in [1.165, 1.54) is 0 Å². The van der Waals surface area contributed by atoms with E-state index in [2.05, 4.69) is 5.32 Å². The fourth-order valence-corrected chi connectivity index (χ4v) is 1.49. The molecule has 1 aromatic rings. The van der Waals surface area contributed by atoms with Crippen molar-refractivity contribution < 1.29 is 14.6 Å². The molecule has 1 rings (SSSR count). The lowest BCUT2D eigenvalue weighted by atomic mass is 9.99. The zero-order valence-corrected chi connectivity index (χ0v) is 11.6. The first-order valence-corrected chi connectivity index (χ1v) is 5.93. The Kier molecular flexibility index (Phi) is 4.35. The Morgan fingerprint density at radius 3 is 2.56 bits per heavy atom. The molecule has 0 aliphatic rings. The highest BCUT2D eigenvalue weighted by Gasteiger charge is 2.25. The lowest BCUT2D eigenvalue weighted by Crippen LogP contribution is -2.41. The van der Waals surface area contributed by atoms with E-state index < -0.39 is 5.97 Å². The summed E-state index contributed by atoms with van der Waals surface area (Å²) < 4.78 is 5.41. The average molecular weight is 251 g/mol. The summed E-state index contributed by atoms with van der Waals surface area (Å²) in [6.45, 7) is 7.93. The Morgan fingerprint density at radius 1 is 1.44 bits per heavy atom. The summed E-state index contributed by atoms with van der Waals surface area (Å²) in [5, 5.41) is 12.3. The van der Waals surface area contributed by atoms with Gasteiger partial charge >= 0.3 is 5.97 Å². The van der Waals surface area contributed by atoms with E-state index in [-0.39, 0.29) is 17.2 Å². The minimum atomic E-state index is -0.920. The first-order valence-electron chi connectivity index (χ1n) is 5.93. The summed E-state index contributed by atoms with van der Waals surface area (Å²) in [5.41, 5.74) is 1.79. The summed E-state index contributed by atoms with van der Waals surface area (Å²) in [6, 6.07) is 5.12. The van der Waals surface area contributed by atoms with Crippen molar-refractivity contribution in [1.82, 2.24) is 0 Å². The second-order valence-electron chi connectivity index (χ2n) is 5.01. The van der Waals surface area contributed by atoms with Crippen LogP contribution >= 0.6 is 0 Å². The number of methoxy groups -OCH3 is 1. The molecule has 18 heavy (non-hydrogen) atoms. The van der Waals surface area contributed by atoms with Crippen LogP contribution in [0.25, 0.3) is 0 Å². The molecule has 2 N–H and O–H groups in total. The third kappa shape index (κ3) is 3.23. The van der Waals surface area contributed by atoms with Crippen molar-refractivity contribution in [1.29, 1.82) is 0 Å². The number of aryl methyl sites for hydroxylation is 1. The quantitative estimate of drug-likeness (QED) is 0.844. The lowest BCUT2D eigenvalue weighted by molar-refractivity contribution is 0.0107. The zero-order chi connectivity index (χ0) is 13.9. The predicted molar refractivity (Wildman–Crippen MR) is 72.3 cm³/mol. The van der Waals surface area contributed by atoms with Crippen molar-refractivity contribution in [2.75, 3.05) is 12.4 Å². The van der Waals surface area contributed by atoms with Crippen LogP contribution in [-0.2, 0) is 4.74 Å². The Morgan fingerprint density at radius 2 is 2.06 bits per heavy atom. The van der Waals surface area contributed by atoms with Crippen LogP contribution in [-0.4, -0.2) is 29.8 Å². The molecule has 0 heterocycles. The maximum absolute atomic E-state index is 11.0. The van der Waals surface area contributed by atoms with Gasteiger partial charge in [0.05, 0.1) is 17.2 Å². The number of anilines is 1. The van der Waals surface area contributed by atoms with Gasteiger partial charge in [0.2, 0.25) is 0 Å². The number of carboxylic acid groups (broad SMARTS) is 1. The molecule has 0 radical (unpaired) electrons. The highest BCUT2D eigenvalue weighted by atomic mass is 16.5. The van der Waals surface area contributed by atoms with Crippen molar-refractivity contribution >= 4 is 11.7 Å². The molecule has 0 aliphatic heterocycles. The number of hydrogen-bond donors (Lipinski definition) is 2. The smallest absolute Gasteiger partial charge is 0.335 e. The molecule has 0 amide bonds. The summed E-state index contributed by atoms with van der Waals surface area (Å²) in [7, 11) is 1.67. The molecule has 0 saturated carbocycles. The van der Waals surface area contributed by atoms with Crippen LogP contribution in [0.3, 0.4) is 0 Å². The molecule has 0 saturated heterocycles. The zero-order valence-electron chi connectivity index (χ0n) is 11.6. The minimum Gasteiger partial charge on any atom is -0.478 e. The molecular formula is C14H21NO3. The monoisotopic (exact) mass is 251 g/mol. The van der Waals surface area contributed by atoms with E-state index in [0.29, 0.717) is 0 Å². The van der Waals surface area contributed by atoms with Crippen molar-refractivity contribution in [2.45, 2.75) is 39.3 Å². The first-order chi connectivity index (χ1) is 8.27. The molecule has 0 aromatic heterocycles. The fourth-order valence-electron chi connectivity index (χ4n) is 1.49. The van der Waals surface area contributed by atoms with Crippen molar-refractivity contribution in [3.8, 4) is 0 Å². The number of benzene rings is 1. The molecule has 4 heteroatoms. The highest BCUT2D eigenvalue weighted by molar-refractivity contribution is 5.89. The first kappa shape index (κ1) is 14.5. The van der Waals surface area contributed by atoms with Crippen LogP contribution in [0.15, 0.2) is 18.2 Å².